The molecule has 1 aromatic heterocycles. The van der Waals surface area contributed by atoms with Gasteiger partial charge in [-0.25, -0.2) is 0 Å². The van der Waals surface area contributed by atoms with E-state index in [1.807, 2.05) is 19.9 Å². The number of benzene rings is 1. The van der Waals surface area contributed by atoms with Crippen LogP contribution in [0.15, 0.2) is 18.2 Å². The maximum Gasteiger partial charge on any atom is 0.152 e. The Labute approximate surface area is 87.9 Å². The summed E-state index contributed by atoms with van der Waals surface area (Å²) in [6.07, 6.45) is 0.850. The van der Waals surface area contributed by atoms with Crippen molar-refractivity contribution in [3.05, 3.63) is 29.5 Å². The molecule has 2 rings (SSSR count). The summed E-state index contributed by atoms with van der Waals surface area (Å²) in [4.78, 5) is 11.0. The van der Waals surface area contributed by atoms with Crippen molar-refractivity contribution < 1.29 is 9.90 Å². The first-order valence-corrected chi connectivity index (χ1v) is 4.96. The SMILES string of the molecule is CCn1c(C)c(C=O)c2cc(O)ccc21. The van der Waals surface area contributed by atoms with E-state index in [-0.39, 0.29) is 5.75 Å². The molecule has 2 aromatic rings. The molecule has 1 heterocycles. The zero-order valence-corrected chi connectivity index (χ0v) is 8.82. The predicted octanol–water partition coefficient (Wildman–Crippen LogP) is 2.49. The molecule has 1 N–H and O–H groups in total. The normalized spacial score (nSPS) is 10.8. The van der Waals surface area contributed by atoms with Gasteiger partial charge in [0.2, 0.25) is 0 Å². The van der Waals surface area contributed by atoms with Crippen LogP contribution in [-0.2, 0) is 6.54 Å². The lowest BCUT2D eigenvalue weighted by atomic mass is 10.1. The number of aryl methyl sites for hydroxylation is 1. The Morgan fingerprint density at radius 3 is 2.80 bits per heavy atom. The van der Waals surface area contributed by atoms with Crippen molar-refractivity contribution in [1.29, 1.82) is 0 Å². The third kappa shape index (κ3) is 1.31. The molecule has 3 nitrogen and oxygen atoms in total. The largest absolute Gasteiger partial charge is 0.508 e. The predicted molar refractivity (Wildman–Crippen MR) is 59.4 cm³/mol. The number of carbonyl (C=O) groups is 1. The molecule has 0 amide bonds. The molecule has 3 heteroatoms. The van der Waals surface area contributed by atoms with Crippen LogP contribution in [0.25, 0.3) is 10.9 Å². The molecule has 0 bridgehead atoms. The summed E-state index contributed by atoms with van der Waals surface area (Å²) in [6, 6.07) is 5.12. The topological polar surface area (TPSA) is 42.2 Å². The summed E-state index contributed by atoms with van der Waals surface area (Å²) < 4.78 is 2.07. The molecular weight excluding hydrogens is 190 g/mol. The van der Waals surface area contributed by atoms with Crippen LogP contribution in [0.4, 0.5) is 0 Å². The van der Waals surface area contributed by atoms with Gasteiger partial charge in [-0.15, -0.1) is 0 Å². The summed E-state index contributed by atoms with van der Waals surface area (Å²) in [5, 5.41) is 10.2. The lowest BCUT2D eigenvalue weighted by molar-refractivity contribution is 0.112. The molecule has 0 aliphatic heterocycles. The summed E-state index contributed by atoms with van der Waals surface area (Å²) in [5.74, 6) is 0.193. The Balaban J connectivity index is 2.91. The van der Waals surface area contributed by atoms with Gasteiger partial charge in [-0.1, -0.05) is 0 Å². The monoisotopic (exact) mass is 203 g/mol. The van der Waals surface area contributed by atoms with Crippen LogP contribution in [0.1, 0.15) is 23.0 Å². The number of rotatable bonds is 2. The molecule has 0 fully saturated rings. The molecule has 78 valence electrons. The molecule has 15 heavy (non-hydrogen) atoms. The number of aromatic hydroxyl groups is 1. The summed E-state index contributed by atoms with van der Waals surface area (Å²) in [5.41, 5.74) is 2.62. The van der Waals surface area contributed by atoms with Gasteiger partial charge >= 0.3 is 0 Å². The van der Waals surface area contributed by atoms with Gasteiger partial charge in [-0.05, 0) is 32.0 Å². The van der Waals surface area contributed by atoms with Crippen molar-refractivity contribution in [2.75, 3.05) is 0 Å². The standard InChI is InChI=1S/C12H13NO2/c1-3-13-8(2)11(7-14)10-6-9(15)4-5-12(10)13/h4-7,15H,3H2,1-2H3. The average molecular weight is 203 g/mol. The third-order valence-corrected chi connectivity index (χ3v) is 2.79. The zero-order chi connectivity index (χ0) is 11.0. The van der Waals surface area contributed by atoms with E-state index >= 15 is 0 Å². The lowest BCUT2D eigenvalue weighted by Crippen LogP contribution is -1.96. The second kappa shape index (κ2) is 3.42. The summed E-state index contributed by atoms with van der Waals surface area (Å²) in [6.45, 7) is 4.78. The van der Waals surface area contributed by atoms with Crippen molar-refractivity contribution >= 4 is 17.2 Å². The average Bonchev–Trinajstić information content (AvgIpc) is 2.48. The van der Waals surface area contributed by atoms with Crippen LogP contribution >= 0.6 is 0 Å². The van der Waals surface area contributed by atoms with Gasteiger partial charge in [0.25, 0.3) is 0 Å². The fraction of sp³-hybridized carbons (Fsp3) is 0.250. The van der Waals surface area contributed by atoms with Gasteiger partial charge in [-0.3, -0.25) is 4.79 Å². The van der Waals surface area contributed by atoms with Crippen molar-refractivity contribution in [3.63, 3.8) is 0 Å². The molecular formula is C12H13NO2. The fourth-order valence-electron chi connectivity index (χ4n) is 2.05. The van der Waals surface area contributed by atoms with E-state index < -0.39 is 0 Å². The summed E-state index contributed by atoms with van der Waals surface area (Å²) in [7, 11) is 0. The first-order valence-electron chi connectivity index (χ1n) is 4.96. The Morgan fingerprint density at radius 1 is 1.47 bits per heavy atom. The molecule has 0 radical (unpaired) electrons. The van der Waals surface area contributed by atoms with Crippen LogP contribution in [0.5, 0.6) is 5.75 Å². The van der Waals surface area contributed by atoms with Crippen LogP contribution in [-0.4, -0.2) is 16.0 Å². The maximum atomic E-state index is 11.0. The summed E-state index contributed by atoms with van der Waals surface area (Å²) >= 11 is 0. The van der Waals surface area contributed by atoms with Gasteiger partial charge < -0.3 is 9.67 Å². The Morgan fingerprint density at radius 2 is 2.20 bits per heavy atom. The Bertz CT molecular complexity index is 526. The molecule has 0 aliphatic rings. The second-order valence-corrected chi connectivity index (χ2v) is 3.56. The van der Waals surface area contributed by atoms with Gasteiger partial charge in [0.05, 0.1) is 0 Å². The first kappa shape index (κ1) is 9.77. The number of fused-ring (bicyclic) bond motifs is 1. The molecule has 0 spiro atoms. The second-order valence-electron chi connectivity index (χ2n) is 3.56. The third-order valence-electron chi connectivity index (χ3n) is 2.79. The number of aldehydes is 1. The van der Waals surface area contributed by atoms with Crippen LogP contribution in [0.3, 0.4) is 0 Å². The highest BCUT2D eigenvalue weighted by Crippen LogP contribution is 2.27. The van der Waals surface area contributed by atoms with Gasteiger partial charge in [0.1, 0.15) is 5.75 Å². The van der Waals surface area contributed by atoms with E-state index in [0.717, 1.165) is 29.4 Å². The highest BCUT2D eigenvalue weighted by Gasteiger charge is 2.12. The van der Waals surface area contributed by atoms with Gasteiger partial charge in [0.15, 0.2) is 6.29 Å². The molecule has 0 saturated heterocycles. The molecule has 0 unspecified atom stereocenters. The van der Waals surface area contributed by atoms with Crippen LogP contribution < -0.4 is 0 Å². The van der Waals surface area contributed by atoms with Crippen LogP contribution in [0, 0.1) is 6.92 Å². The number of hydrogen-bond acceptors (Lipinski definition) is 2. The van der Waals surface area contributed by atoms with E-state index in [1.54, 1.807) is 12.1 Å². The molecule has 0 atom stereocenters. The molecule has 1 aromatic carbocycles. The number of nitrogens with zero attached hydrogens (tertiary/aromatic N) is 1. The number of phenolic OH excluding ortho intramolecular Hbond substituents is 1. The highest BCUT2D eigenvalue weighted by molar-refractivity contribution is 5.99. The number of hydrogen-bond donors (Lipinski definition) is 1. The first-order chi connectivity index (χ1) is 7.19. The highest BCUT2D eigenvalue weighted by atomic mass is 16.3. The minimum absolute atomic E-state index is 0.193. The smallest absolute Gasteiger partial charge is 0.152 e. The van der Waals surface area contributed by atoms with Crippen molar-refractivity contribution in [3.8, 4) is 5.75 Å². The van der Waals surface area contributed by atoms with Crippen LogP contribution in [0.2, 0.25) is 0 Å². The number of phenols is 1. The minimum atomic E-state index is 0.193. The molecule has 0 aliphatic carbocycles. The minimum Gasteiger partial charge on any atom is -0.508 e. The maximum absolute atomic E-state index is 11.0. The van der Waals surface area contributed by atoms with E-state index in [4.69, 9.17) is 0 Å². The molecule has 0 saturated carbocycles. The van der Waals surface area contributed by atoms with Crippen molar-refractivity contribution in [2.24, 2.45) is 0 Å². The van der Waals surface area contributed by atoms with Crippen molar-refractivity contribution in [2.45, 2.75) is 20.4 Å². The Kier molecular flexibility index (Phi) is 2.23. The number of aromatic nitrogens is 1. The lowest BCUT2D eigenvalue weighted by Gasteiger charge is -2.03. The van der Waals surface area contributed by atoms with E-state index in [9.17, 15) is 9.90 Å². The quantitative estimate of drug-likeness (QED) is 0.762. The van der Waals surface area contributed by atoms with E-state index in [1.165, 1.54) is 0 Å². The Hall–Kier alpha value is -1.77. The van der Waals surface area contributed by atoms with Gasteiger partial charge in [0, 0.05) is 28.7 Å². The van der Waals surface area contributed by atoms with E-state index in [0.29, 0.717) is 5.56 Å². The zero-order valence-electron chi connectivity index (χ0n) is 8.82. The van der Waals surface area contributed by atoms with Crippen molar-refractivity contribution in [1.82, 2.24) is 4.57 Å². The number of carbonyl (C=O) groups excluding carboxylic acids is 1. The van der Waals surface area contributed by atoms with E-state index in [2.05, 4.69) is 4.57 Å². The fourth-order valence-corrected chi connectivity index (χ4v) is 2.05. The van der Waals surface area contributed by atoms with Gasteiger partial charge in [-0.2, -0.15) is 0 Å².